The van der Waals surface area contributed by atoms with Crippen molar-refractivity contribution in [1.29, 1.82) is 0 Å². The number of halogens is 1. The van der Waals surface area contributed by atoms with Gasteiger partial charge in [-0.05, 0) is 44.5 Å². The summed E-state index contributed by atoms with van der Waals surface area (Å²) >= 11 is 0. The zero-order valence-electron chi connectivity index (χ0n) is 15.0. The van der Waals surface area contributed by atoms with Crippen molar-refractivity contribution in [2.45, 2.75) is 28.2 Å². The molecule has 4 rings (SSSR count). The highest BCUT2D eigenvalue weighted by Gasteiger charge is 2.19. The van der Waals surface area contributed by atoms with E-state index in [2.05, 4.69) is 15.1 Å². The van der Waals surface area contributed by atoms with Crippen molar-refractivity contribution in [3.05, 3.63) is 53.4 Å². The first kappa shape index (κ1) is 18.6. The van der Waals surface area contributed by atoms with Crippen LogP contribution in [0.3, 0.4) is 0 Å². The van der Waals surface area contributed by atoms with Gasteiger partial charge >= 0.3 is 0 Å². The standard InChI is InChI=1S/C20H18FN3O2.CH4/c1-10-18(11(2)26-24-10)13-8-15(20-16(9-13)22-12(3)23-20)14-6-5-7-17(25-4)19(14)21;/h5-9H,1-4H3,(H,22,23);1H4. The molecule has 27 heavy (non-hydrogen) atoms. The largest absolute Gasteiger partial charge is 0.494 e. The molecule has 1 N–H and O–H groups in total. The third kappa shape index (κ3) is 2.97. The Hall–Kier alpha value is -3.15. The molecule has 6 heteroatoms. The molecule has 0 atom stereocenters. The predicted molar refractivity (Wildman–Crippen MR) is 104 cm³/mol. The van der Waals surface area contributed by atoms with Crippen LogP contribution in [0.1, 0.15) is 24.7 Å². The number of imidazole rings is 1. The van der Waals surface area contributed by atoms with Gasteiger partial charge in [0.2, 0.25) is 0 Å². The molecule has 2 aromatic carbocycles. The van der Waals surface area contributed by atoms with Crippen molar-refractivity contribution in [3.63, 3.8) is 0 Å². The van der Waals surface area contributed by atoms with Crippen LogP contribution in [0.2, 0.25) is 0 Å². The molecule has 0 aliphatic heterocycles. The lowest BCUT2D eigenvalue weighted by Crippen LogP contribution is -1.93. The van der Waals surface area contributed by atoms with Crippen LogP contribution in [0.4, 0.5) is 4.39 Å². The fraction of sp³-hybridized carbons (Fsp3) is 0.238. The zero-order chi connectivity index (χ0) is 18.4. The molecular formula is C21H22FN3O2. The molecule has 0 aliphatic rings. The van der Waals surface area contributed by atoms with Crippen LogP contribution in [0.15, 0.2) is 34.9 Å². The summed E-state index contributed by atoms with van der Waals surface area (Å²) in [6.45, 7) is 5.63. The summed E-state index contributed by atoms with van der Waals surface area (Å²) in [4.78, 5) is 7.79. The number of aryl methyl sites for hydroxylation is 3. The number of benzene rings is 2. The molecule has 0 unspecified atom stereocenters. The third-order valence-corrected chi connectivity index (χ3v) is 4.50. The maximum Gasteiger partial charge on any atom is 0.172 e. The van der Waals surface area contributed by atoms with E-state index in [0.29, 0.717) is 16.6 Å². The molecule has 0 spiro atoms. The van der Waals surface area contributed by atoms with Gasteiger partial charge in [-0.3, -0.25) is 0 Å². The fourth-order valence-corrected chi connectivity index (χ4v) is 3.36. The minimum absolute atomic E-state index is 0. The summed E-state index contributed by atoms with van der Waals surface area (Å²) < 4.78 is 25.4. The van der Waals surface area contributed by atoms with Crippen LogP contribution < -0.4 is 4.74 Å². The van der Waals surface area contributed by atoms with Gasteiger partial charge in [0.1, 0.15) is 11.6 Å². The Balaban J connectivity index is 0.00000210. The Morgan fingerprint density at radius 3 is 2.56 bits per heavy atom. The Labute approximate surface area is 157 Å². The summed E-state index contributed by atoms with van der Waals surface area (Å²) in [5, 5.41) is 4.03. The van der Waals surface area contributed by atoms with Crippen molar-refractivity contribution in [2.24, 2.45) is 0 Å². The number of H-pyrrole nitrogens is 1. The van der Waals surface area contributed by atoms with Crippen LogP contribution in [0.25, 0.3) is 33.3 Å². The lowest BCUT2D eigenvalue weighted by molar-refractivity contribution is 0.387. The Kier molecular flexibility index (Phi) is 4.74. The van der Waals surface area contributed by atoms with Crippen molar-refractivity contribution in [3.8, 4) is 28.0 Å². The van der Waals surface area contributed by atoms with Crippen LogP contribution in [-0.2, 0) is 0 Å². The quantitative estimate of drug-likeness (QED) is 0.512. The molecule has 2 heterocycles. The maximum absolute atomic E-state index is 14.9. The number of hydrogen-bond donors (Lipinski definition) is 1. The van der Waals surface area contributed by atoms with Gasteiger partial charge in [-0.25, -0.2) is 9.37 Å². The van der Waals surface area contributed by atoms with Gasteiger partial charge in [0.05, 0.1) is 23.8 Å². The lowest BCUT2D eigenvalue weighted by atomic mass is 9.96. The SMILES string of the molecule is C.COc1cccc(-c2cc(-c3c(C)noc3C)cc3[nH]c(C)nc23)c1F. The highest BCUT2D eigenvalue weighted by Crippen LogP contribution is 2.38. The Morgan fingerprint density at radius 1 is 1.11 bits per heavy atom. The minimum atomic E-state index is -0.409. The Bertz CT molecular complexity index is 1110. The van der Waals surface area contributed by atoms with Gasteiger partial charge < -0.3 is 14.2 Å². The molecule has 4 aromatic rings. The second-order valence-corrected chi connectivity index (χ2v) is 6.26. The summed E-state index contributed by atoms with van der Waals surface area (Å²) in [5.74, 6) is 1.27. The molecule has 0 radical (unpaired) electrons. The van der Waals surface area contributed by atoms with Gasteiger partial charge in [0.25, 0.3) is 0 Å². The molecule has 5 nitrogen and oxygen atoms in total. The average molecular weight is 367 g/mol. The van der Waals surface area contributed by atoms with E-state index in [0.717, 1.165) is 33.9 Å². The van der Waals surface area contributed by atoms with E-state index in [1.54, 1.807) is 18.2 Å². The van der Waals surface area contributed by atoms with Crippen LogP contribution in [-0.4, -0.2) is 22.2 Å². The van der Waals surface area contributed by atoms with Crippen molar-refractivity contribution >= 4 is 11.0 Å². The normalized spacial score (nSPS) is 10.9. The number of fused-ring (bicyclic) bond motifs is 1. The smallest absolute Gasteiger partial charge is 0.172 e. The van der Waals surface area contributed by atoms with E-state index in [1.165, 1.54) is 7.11 Å². The van der Waals surface area contributed by atoms with Crippen molar-refractivity contribution in [2.75, 3.05) is 7.11 Å². The second kappa shape index (κ2) is 6.87. The van der Waals surface area contributed by atoms with Crippen LogP contribution in [0.5, 0.6) is 5.75 Å². The monoisotopic (exact) mass is 367 g/mol. The average Bonchev–Trinajstić information content (AvgIpc) is 3.15. The molecule has 0 fully saturated rings. The van der Waals surface area contributed by atoms with E-state index in [9.17, 15) is 4.39 Å². The summed E-state index contributed by atoms with van der Waals surface area (Å²) in [6, 6.07) is 9.01. The molecule has 0 bridgehead atoms. The van der Waals surface area contributed by atoms with E-state index < -0.39 is 5.82 Å². The number of aromatic nitrogens is 3. The van der Waals surface area contributed by atoms with Crippen molar-refractivity contribution < 1.29 is 13.7 Å². The van der Waals surface area contributed by atoms with Gasteiger partial charge in [0, 0.05) is 16.7 Å². The molecule has 0 amide bonds. The van der Waals surface area contributed by atoms with E-state index >= 15 is 0 Å². The molecule has 0 saturated heterocycles. The van der Waals surface area contributed by atoms with E-state index in [4.69, 9.17) is 9.26 Å². The van der Waals surface area contributed by atoms with E-state index in [-0.39, 0.29) is 13.2 Å². The molecule has 140 valence electrons. The molecule has 0 aliphatic carbocycles. The van der Waals surface area contributed by atoms with Crippen molar-refractivity contribution in [1.82, 2.24) is 15.1 Å². The summed E-state index contributed by atoms with van der Waals surface area (Å²) in [7, 11) is 1.46. The maximum atomic E-state index is 14.9. The Morgan fingerprint density at radius 2 is 1.89 bits per heavy atom. The van der Waals surface area contributed by atoms with Gasteiger partial charge in [-0.1, -0.05) is 24.7 Å². The summed E-state index contributed by atoms with van der Waals surface area (Å²) in [5.41, 5.74) is 5.27. The van der Waals surface area contributed by atoms with Crippen LogP contribution in [0, 0.1) is 26.6 Å². The predicted octanol–water partition coefficient (Wildman–Crippen LogP) is 5.59. The third-order valence-electron chi connectivity index (χ3n) is 4.50. The number of nitrogens with one attached hydrogen (secondary N) is 1. The highest BCUT2D eigenvalue weighted by molar-refractivity contribution is 5.96. The topological polar surface area (TPSA) is 63.9 Å². The number of aromatic amines is 1. The number of hydrogen-bond acceptors (Lipinski definition) is 4. The molecule has 0 saturated carbocycles. The first-order valence-corrected chi connectivity index (χ1v) is 8.26. The van der Waals surface area contributed by atoms with Gasteiger partial charge in [-0.2, -0.15) is 0 Å². The lowest BCUT2D eigenvalue weighted by Gasteiger charge is -2.10. The van der Waals surface area contributed by atoms with Crippen LogP contribution >= 0.6 is 0 Å². The molecular weight excluding hydrogens is 345 g/mol. The van der Waals surface area contributed by atoms with E-state index in [1.807, 2.05) is 32.9 Å². The fourth-order valence-electron chi connectivity index (χ4n) is 3.36. The van der Waals surface area contributed by atoms with Gasteiger partial charge in [0.15, 0.2) is 11.6 Å². The summed E-state index contributed by atoms with van der Waals surface area (Å²) in [6.07, 6.45) is 0. The minimum Gasteiger partial charge on any atom is -0.494 e. The number of ether oxygens (including phenoxy) is 1. The first-order chi connectivity index (χ1) is 12.5. The zero-order valence-corrected chi connectivity index (χ0v) is 15.0. The number of rotatable bonds is 3. The van der Waals surface area contributed by atoms with Gasteiger partial charge in [-0.15, -0.1) is 0 Å². The molecule has 2 aromatic heterocycles. The highest BCUT2D eigenvalue weighted by atomic mass is 19.1. The second-order valence-electron chi connectivity index (χ2n) is 6.26. The number of nitrogens with zero attached hydrogens (tertiary/aromatic N) is 2. The first-order valence-electron chi connectivity index (χ1n) is 8.26. The number of methoxy groups -OCH3 is 1.